The molecule has 0 unspecified atom stereocenters. The summed E-state index contributed by atoms with van der Waals surface area (Å²) in [5.41, 5.74) is 3.93. The standard InChI is InChI=1S/C27H34N2O5/c1-5-10-18(15-24(30)29(16-25(31)32)27(2,3)4)28-26(33)34-17-23-21-13-8-6-11-19(21)20-12-7-9-14-22(20)23/h6-9,11-14,18,23H,5,10,15-17H2,1-4H3,(H,28,33)(H,31,32)/t18-/m1/s1. The normalized spacial score (nSPS) is 13.5. The molecule has 3 rings (SSSR count). The predicted molar refractivity (Wildman–Crippen MR) is 131 cm³/mol. The molecule has 7 heteroatoms. The van der Waals surface area contributed by atoms with E-state index >= 15 is 0 Å². The third-order valence-corrected chi connectivity index (χ3v) is 6.13. The first kappa shape index (κ1) is 25.3. The topological polar surface area (TPSA) is 95.9 Å². The first-order valence-corrected chi connectivity index (χ1v) is 11.8. The third kappa shape index (κ3) is 5.95. The average Bonchev–Trinajstić information content (AvgIpc) is 3.09. The summed E-state index contributed by atoms with van der Waals surface area (Å²) in [5, 5.41) is 12.0. The number of carbonyl (C=O) groups excluding carboxylic acids is 2. The zero-order valence-corrected chi connectivity index (χ0v) is 20.3. The average molecular weight is 467 g/mol. The largest absolute Gasteiger partial charge is 0.480 e. The van der Waals surface area contributed by atoms with E-state index in [1.807, 2.05) is 31.2 Å². The van der Waals surface area contributed by atoms with Gasteiger partial charge in [0.05, 0.1) is 0 Å². The Morgan fingerprint density at radius 1 is 1.03 bits per heavy atom. The first-order valence-electron chi connectivity index (χ1n) is 11.8. The van der Waals surface area contributed by atoms with E-state index in [2.05, 4.69) is 29.6 Å². The molecule has 1 aliphatic rings. The number of amides is 2. The molecule has 0 radical (unpaired) electrons. The van der Waals surface area contributed by atoms with Gasteiger partial charge in [-0.2, -0.15) is 0 Å². The molecule has 0 spiro atoms. The van der Waals surface area contributed by atoms with Gasteiger partial charge in [-0.25, -0.2) is 4.79 Å². The van der Waals surface area contributed by atoms with Crippen LogP contribution >= 0.6 is 0 Å². The summed E-state index contributed by atoms with van der Waals surface area (Å²) in [6, 6.07) is 15.8. The van der Waals surface area contributed by atoms with Gasteiger partial charge in [0, 0.05) is 23.9 Å². The van der Waals surface area contributed by atoms with E-state index in [-0.39, 0.29) is 31.4 Å². The lowest BCUT2D eigenvalue weighted by molar-refractivity contribution is -0.148. The highest BCUT2D eigenvalue weighted by molar-refractivity contribution is 5.83. The van der Waals surface area contributed by atoms with Crippen LogP contribution in [0, 0.1) is 0 Å². The Labute approximate surface area is 201 Å². The molecule has 34 heavy (non-hydrogen) atoms. The molecule has 2 aromatic carbocycles. The van der Waals surface area contributed by atoms with Crippen LogP contribution in [0.4, 0.5) is 4.79 Å². The molecule has 0 saturated carbocycles. The Balaban J connectivity index is 1.64. The zero-order chi connectivity index (χ0) is 24.9. The summed E-state index contributed by atoms with van der Waals surface area (Å²) in [5.74, 6) is -1.43. The van der Waals surface area contributed by atoms with E-state index in [0.717, 1.165) is 28.7 Å². The molecule has 0 saturated heterocycles. The Bertz CT molecular complexity index is 998. The molecule has 2 N–H and O–H groups in total. The van der Waals surface area contributed by atoms with Crippen LogP contribution in [0.3, 0.4) is 0 Å². The van der Waals surface area contributed by atoms with Crippen LogP contribution in [0.2, 0.25) is 0 Å². The van der Waals surface area contributed by atoms with Crippen molar-refractivity contribution in [3.05, 3.63) is 59.7 Å². The fourth-order valence-electron chi connectivity index (χ4n) is 4.54. The van der Waals surface area contributed by atoms with E-state index in [9.17, 15) is 19.5 Å². The van der Waals surface area contributed by atoms with Gasteiger partial charge in [-0.05, 0) is 49.4 Å². The van der Waals surface area contributed by atoms with Crippen molar-refractivity contribution in [3.8, 4) is 11.1 Å². The highest BCUT2D eigenvalue weighted by Crippen LogP contribution is 2.44. The second-order valence-corrected chi connectivity index (χ2v) is 9.70. The number of aliphatic carboxylic acids is 1. The second-order valence-electron chi connectivity index (χ2n) is 9.70. The Morgan fingerprint density at radius 3 is 2.09 bits per heavy atom. The minimum absolute atomic E-state index is 0.0165. The van der Waals surface area contributed by atoms with Gasteiger partial charge in [-0.3, -0.25) is 9.59 Å². The highest BCUT2D eigenvalue weighted by atomic mass is 16.5. The molecule has 1 aliphatic carbocycles. The number of ether oxygens (including phenoxy) is 1. The fourth-order valence-corrected chi connectivity index (χ4v) is 4.54. The van der Waals surface area contributed by atoms with Gasteiger partial charge in [-0.15, -0.1) is 0 Å². The molecule has 1 atom stereocenters. The van der Waals surface area contributed by atoms with Crippen LogP contribution in [0.5, 0.6) is 0 Å². The van der Waals surface area contributed by atoms with Gasteiger partial charge in [0.25, 0.3) is 0 Å². The lowest BCUT2D eigenvalue weighted by Gasteiger charge is -2.35. The van der Waals surface area contributed by atoms with Crippen LogP contribution in [-0.4, -0.2) is 52.7 Å². The van der Waals surface area contributed by atoms with Crippen molar-refractivity contribution in [2.75, 3.05) is 13.2 Å². The second kappa shape index (κ2) is 10.7. The molecule has 0 aromatic heterocycles. The summed E-state index contributed by atoms with van der Waals surface area (Å²) in [6.45, 7) is 7.16. The maximum atomic E-state index is 12.9. The smallest absolute Gasteiger partial charge is 0.407 e. The van der Waals surface area contributed by atoms with Crippen LogP contribution in [0.25, 0.3) is 11.1 Å². The predicted octanol–water partition coefficient (Wildman–Crippen LogP) is 4.80. The lowest BCUT2D eigenvalue weighted by atomic mass is 9.98. The fraction of sp³-hybridized carbons (Fsp3) is 0.444. The quantitative estimate of drug-likeness (QED) is 0.554. The van der Waals surface area contributed by atoms with E-state index in [1.165, 1.54) is 4.90 Å². The third-order valence-electron chi connectivity index (χ3n) is 6.13. The molecule has 2 aromatic rings. The minimum Gasteiger partial charge on any atom is -0.480 e. The summed E-state index contributed by atoms with van der Waals surface area (Å²) in [6.07, 6.45) is 0.785. The van der Waals surface area contributed by atoms with Gasteiger partial charge in [0.15, 0.2) is 0 Å². The number of carboxylic acids is 1. The first-order chi connectivity index (χ1) is 16.1. The van der Waals surface area contributed by atoms with Crippen molar-refractivity contribution >= 4 is 18.0 Å². The number of alkyl carbamates (subject to hydrolysis) is 1. The summed E-state index contributed by atoms with van der Waals surface area (Å²) < 4.78 is 5.62. The van der Waals surface area contributed by atoms with Crippen molar-refractivity contribution in [2.24, 2.45) is 0 Å². The maximum absolute atomic E-state index is 12.9. The van der Waals surface area contributed by atoms with Crippen LogP contribution < -0.4 is 5.32 Å². The van der Waals surface area contributed by atoms with Crippen molar-refractivity contribution in [3.63, 3.8) is 0 Å². The van der Waals surface area contributed by atoms with Gasteiger partial charge in [0.1, 0.15) is 13.2 Å². The molecule has 2 amide bonds. The number of carbonyl (C=O) groups is 3. The molecule has 0 aliphatic heterocycles. The van der Waals surface area contributed by atoms with E-state index in [1.54, 1.807) is 20.8 Å². The lowest BCUT2D eigenvalue weighted by Crippen LogP contribution is -2.50. The van der Waals surface area contributed by atoms with Gasteiger partial charge in [-0.1, -0.05) is 61.9 Å². The number of benzene rings is 2. The highest BCUT2D eigenvalue weighted by Gasteiger charge is 2.31. The number of nitrogens with zero attached hydrogens (tertiary/aromatic N) is 1. The van der Waals surface area contributed by atoms with Crippen molar-refractivity contribution in [2.45, 2.75) is 64.5 Å². The Kier molecular flexibility index (Phi) is 7.97. The molecular formula is C27H34N2O5. The van der Waals surface area contributed by atoms with Crippen molar-refractivity contribution < 1.29 is 24.2 Å². The SMILES string of the molecule is CCC[C@H](CC(=O)N(CC(=O)O)C(C)(C)C)NC(=O)OCC1c2ccccc2-c2ccccc21. The maximum Gasteiger partial charge on any atom is 0.407 e. The van der Waals surface area contributed by atoms with Crippen molar-refractivity contribution in [1.82, 2.24) is 10.2 Å². The summed E-state index contributed by atoms with van der Waals surface area (Å²) >= 11 is 0. The molecule has 182 valence electrons. The van der Waals surface area contributed by atoms with Crippen LogP contribution in [0.1, 0.15) is 64.0 Å². The van der Waals surface area contributed by atoms with Crippen molar-refractivity contribution in [1.29, 1.82) is 0 Å². The summed E-state index contributed by atoms with van der Waals surface area (Å²) in [4.78, 5) is 38.2. The monoisotopic (exact) mass is 466 g/mol. The molecule has 7 nitrogen and oxygen atoms in total. The number of nitrogens with one attached hydrogen (secondary N) is 1. The molecule has 0 fully saturated rings. The number of hydrogen-bond acceptors (Lipinski definition) is 4. The van der Waals surface area contributed by atoms with E-state index in [0.29, 0.717) is 6.42 Å². The van der Waals surface area contributed by atoms with Gasteiger partial charge >= 0.3 is 12.1 Å². The van der Waals surface area contributed by atoms with E-state index in [4.69, 9.17) is 4.74 Å². The Hall–Kier alpha value is -3.35. The van der Waals surface area contributed by atoms with Gasteiger partial charge < -0.3 is 20.1 Å². The van der Waals surface area contributed by atoms with Gasteiger partial charge in [0.2, 0.25) is 5.91 Å². The number of rotatable bonds is 9. The van der Waals surface area contributed by atoms with Crippen LogP contribution in [-0.2, 0) is 14.3 Å². The number of carboxylic acid groups (broad SMARTS) is 1. The molecule has 0 bridgehead atoms. The van der Waals surface area contributed by atoms with Crippen LogP contribution in [0.15, 0.2) is 48.5 Å². The molecule has 0 heterocycles. The number of hydrogen-bond donors (Lipinski definition) is 2. The minimum atomic E-state index is -1.07. The number of fused-ring (bicyclic) bond motifs is 3. The summed E-state index contributed by atoms with van der Waals surface area (Å²) in [7, 11) is 0. The molecular weight excluding hydrogens is 432 g/mol. The zero-order valence-electron chi connectivity index (χ0n) is 20.3. The van der Waals surface area contributed by atoms with E-state index < -0.39 is 23.6 Å². The Morgan fingerprint density at radius 2 is 1.59 bits per heavy atom.